The molecule has 2 nitrogen and oxygen atoms in total. The molecular formula is C12H6F6N2. The van der Waals surface area contributed by atoms with Crippen molar-refractivity contribution in [2.75, 3.05) is 5.73 Å². The summed E-state index contributed by atoms with van der Waals surface area (Å²) in [6.45, 7) is 0. The highest BCUT2D eigenvalue weighted by Crippen LogP contribution is 2.33. The summed E-state index contributed by atoms with van der Waals surface area (Å²) < 4.78 is 77.2. The van der Waals surface area contributed by atoms with E-state index >= 15 is 0 Å². The molecule has 0 aliphatic carbocycles. The molecule has 0 amide bonds. The predicted molar refractivity (Wildman–Crippen MR) is 59.0 cm³/mol. The Hall–Kier alpha value is -2.25. The first-order valence-electron chi connectivity index (χ1n) is 5.19. The number of pyridine rings is 1. The fourth-order valence-electron chi connectivity index (χ4n) is 1.58. The van der Waals surface area contributed by atoms with Crippen LogP contribution >= 0.6 is 0 Å². The minimum atomic E-state index is -4.72. The van der Waals surface area contributed by atoms with Gasteiger partial charge in [-0.25, -0.2) is 18.2 Å². The predicted octanol–water partition coefficient (Wildman–Crippen LogP) is 3.77. The molecule has 0 unspecified atom stereocenters. The summed E-state index contributed by atoms with van der Waals surface area (Å²) in [5.41, 5.74) is 2.90. The Morgan fingerprint density at radius 2 is 1.60 bits per heavy atom. The number of anilines is 1. The summed E-state index contributed by atoms with van der Waals surface area (Å²) in [6, 6.07) is 2.44. The SMILES string of the molecule is Nc1cc(C(F)(F)F)cc(-c2ccc(F)c(F)c2F)n1. The lowest BCUT2D eigenvalue weighted by molar-refractivity contribution is -0.137. The Morgan fingerprint density at radius 3 is 2.20 bits per heavy atom. The van der Waals surface area contributed by atoms with Crippen molar-refractivity contribution in [3.8, 4) is 11.3 Å². The van der Waals surface area contributed by atoms with Gasteiger partial charge in [-0.05, 0) is 24.3 Å². The zero-order chi connectivity index (χ0) is 15.1. The first-order chi connectivity index (χ1) is 9.20. The molecule has 1 heterocycles. The molecule has 20 heavy (non-hydrogen) atoms. The van der Waals surface area contributed by atoms with Gasteiger partial charge in [-0.2, -0.15) is 13.2 Å². The molecule has 0 atom stereocenters. The fraction of sp³-hybridized carbons (Fsp3) is 0.0833. The smallest absolute Gasteiger partial charge is 0.384 e. The molecule has 106 valence electrons. The largest absolute Gasteiger partial charge is 0.416 e. The zero-order valence-corrected chi connectivity index (χ0v) is 9.60. The molecule has 2 aromatic rings. The summed E-state index contributed by atoms with van der Waals surface area (Å²) in [5, 5.41) is 0. The highest BCUT2D eigenvalue weighted by Gasteiger charge is 2.32. The monoisotopic (exact) mass is 292 g/mol. The van der Waals surface area contributed by atoms with Crippen LogP contribution < -0.4 is 5.73 Å². The van der Waals surface area contributed by atoms with Gasteiger partial charge in [-0.3, -0.25) is 0 Å². The number of alkyl halides is 3. The van der Waals surface area contributed by atoms with E-state index in [0.717, 1.165) is 6.07 Å². The lowest BCUT2D eigenvalue weighted by Gasteiger charge is -2.10. The van der Waals surface area contributed by atoms with Gasteiger partial charge in [0.25, 0.3) is 0 Å². The molecule has 0 fully saturated rings. The van der Waals surface area contributed by atoms with Crippen LogP contribution in [0.25, 0.3) is 11.3 Å². The number of nitrogens with zero attached hydrogens (tertiary/aromatic N) is 1. The van der Waals surface area contributed by atoms with E-state index in [1.165, 1.54) is 0 Å². The lowest BCUT2D eigenvalue weighted by Crippen LogP contribution is -2.08. The van der Waals surface area contributed by atoms with Gasteiger partial charge in [0, 0.05) is 5.56 Å². The van der Waals surface area contributed by atoms with Crippen LogP contribution in [0, 0.1) is 17.5 Å². The van der Waals surface area contributed by atoms with Gasteiger partial charge in [-0.1, -0.05) is 0 Å². The van der Waals surface area contributed by atoms with Crippen LogP contribution in [-0.4, -0.2) is 4.98 Å². The maximum Gasteiger partial charge on any atom is 0.416 e. The third kappa shape index (κ3) is 2.54. The summed E-state index contributed by atoms with van der Waals surface area (Å²) >= 11 is 0. The Morgan fingerprint density at radius 1 is 0.950 bits per heavy atom. The maximum absolute atomic E-state index is 13.5. The molecule has 8 heteroatoms. The minimum absolute atomic E-state index is 0.506. The third-order valence-electron chi connectivity index (χ3n) is 2.48. The van der Waals surface area contributed by atoms with Crippen molar-refractivity contribution in [1.82, 2.24) is 4.98 Å². The second kappa shape index (κ2) is 4.69. The number of benzene rings is 1. The van der Waals surface area contributed by atoms with Crippen molar-refractivity contribution in [3.63, 3.8) is 0 Å². The Bertz CT molecular complexity index is 666. The summed E-state index contributed by atoms with van der Waals surface area (Å²) in [6.07, 6.45) is -4.72. The number of aromatic nitrogens is 1. The number of nitrogen functional groups attached to an aromatic ring is 1. The highest BCUT2D eigenvalue weighted by atomic mass is 19.4. The summed E-state index contributed by atoms with van der Waals surface area (Å²) in [4.78, 5) is 3.50. The van der Waals surface area contributed by atoms with Crippen LogP contribution in [0.1, 0.15) is 5.56 Å². The van der Waals surface area contributed by atoms with Gasteiger partial charge in [0.2, 0.25) is 0 Å². The highest BCUT2D eigenvalue weighted by molar-refractivity contribution is 5.63. The lowest BCUT2D eigenvalue weighted by atomic mass is 10.1. The van der Waals surface area contributed by atoms with Gasteiger partial charge in [-0.15, -0.1) is 0 Å². The van der Waals surface area contributed by atoms with E-state index in [0.29, 0.717) is 18.2 Å². The van der Waals surface area contributed by atoms with Crippen molar-refractivity contribution in [3.05, 3.63) is 47.3 Å². The Kier molecular flexibility index (Phi) is 3.33. The molecule has 0 saturated heterocycles. The summed E-state index contributed by atoms with van der Waals surface area (Å²) in [7, 11) is 0. The van der Waals surface area contributed by atoms with Crippen molar-refractivity contribution in [2.24, 2.45) is 0 Å². The number of hydrogen-bond acceptors (Lipinski definition) is 2. The van der Waals surface area contributed by atoms with Crippen LogP contribution in [0.2, 0.25) is 0 Å². The van der Waals surface area contributed by atoms with Gasteiger partial charge >= 0.3 is 6.18 Å². The van der Waals surface area contributed by atoms with Crippen LogP contribution in [0.5, 0.6) is 0 Å². The second-order valence-corrected chi connectivity index (χ2v) is 3.89. The van der Waals surface area contributed by atoms with Crippen LogP contribution in [0.4, 0.5) is 32.2 Å². The van der Waals surface area contributed by atoms with Crippen LogP contribution in [-0.2, 0) is 6.18 Å². The zero-order valence-electron chi connectivity index (χ0n) is 9.60. The molecule has 1 aromatic heterocycles. The van der Waals surface area contributed by atoms with E-state index in [2.05, 4.69) is 4.98 Å². The molecular weight excluding hydrogens is 286 g/mol. The minimum Gasteiger partial charge on any atom is -0.384 e. The molecule has 0 aliphatic rings. The Balaban J connectivity index is 2.65. The molecule has 0 bridgehead atoms. The van der Waals surface area contributed by atoms with Crippen molar-refractivity contribution in [1.29, 1.82) is 0 Å². The quantitative estimate of drug-likeness (QED) is 0.642. The molecule has 1 aromatic carbocycles. The average Bonchev–Trinajstić information content (AvgIpc) is 2.34. The first kappa shape index (κ1) is 14.2. The first-order valence-corrected chi connectivity index (χ1v) is 5.19. The van der Waals surface area contributed by atoms with Crippen LogP contribution in [0.3, 0.4) is 0 Å². The number of halogens is 6. The van der Waals surface area contributed by atoms with Gasteiger partial charge in [0.15, 0.2) is 17.5 Å². The van der Waals surface area contributed by atoms with E-state index in [-0.39, 0.29) is 0 Å². The van der Waals surface area contributed by atoms with Crippen molar-refractivity contribution < 1.29 is 26.3 Å². The van der Waals surface area contributed by atoms with E-state index in [4.69, 9.17) is 5.73 Å². The topological polar surface area (TPSA) is 38.9 Å². The van der Waals surface area contributed by atoms with Crippen LogP contribution in [0.15, 0.2) is 24.3 Å². The average molecular weight is 292 g/mol. The molecule has 0 aliphatic heterocycles. The fourth-order valence-corrected chi connectivity index (χ4v) is 1.58. The second-order valence-electron chi connectivity index (χ2n) is 3.89. The molecule has 0 saturated carbocycles. The normalized spacial score (nSPS) is 11.7. The Labute approximate surface area is 108 Å². The number of rotatable bonds is 1. The van der Waals surface area contributed by atoms with Gasteiger partial charge in [0.1, 0.15) is 5.82 Å². The van der Waals surface area contributed by atoms with Crippen molar-refractivity contribution in [2.45, 2.75) is 6.18 Å². The van der Waals surface area contributed by atoms with E-state index in [1.807, 2.05) is 0 Å². The molecule has 2 N–H and O–H groups in total. The molecule has 2 rings (SSSR count). The van der Waals surface area contributed by atoms with E-state index in [9.17, 15) is 26.3 Å². The summed E-state index contributed by atoms with van der Waals surface area (Å²) in [5.74, 6) is -5.39. The third-order valence-corrected chi connectivity index (χ3v) is 2.48. The number of nitrogens with two attached hydrogens (primary N) is 1. The van der Waals surface area contributed by atoms with Crippen molar-refractivity contribution >= 4 is 5.82 Å². The number of hydrogen-bond donors (Lipinski definition) is 1. The molecule has 0 radical (unpaired) electrons. The van der Waals surface area contributed by atoms with E-state index in [1.54, 1.807) is 0 Å². The maximum atomic E-state index is 13.5. The van der Waals surface area contributed by atoms with Gasteiger partial charge in [0.05, 0.1) is 11.3 Å². The van der Waals surface area contributed by atoms with Gasteiger partial charge < -0.3 is 5.73 Å². The van der Waals surface area contributed by atoms with E-state index < -0.39 is 46.3 Å². The standard InChI is InChI=1S/C12H6F6N2/c13-7-2-1-6(10(14)11(7)15)8-3-5(12(16,17)18)4-9(19)20-8/h1-4H,(H2,19,20). The molecule has 0 spiro atoms.